The monoisotopic (exact) mass is 471 g/mol. The molecule has 8 heteroatoms. The number of aromatic amines is 1. The van der Waals surface area contributed by atoms with Crippen molar-refractivity contribution in [2.75, 3.05) is 0 Å². The van der Waals surface area contributed by atoms with Crippen LogP contribution < -0.4 is 5.73 Å². The minimum atomic E-state index is -0.637. The van der Waals surface area contributed by atoms with Gasteiger partial charge < -0.3 is 10.7 Å². The zero-order chi connectivity index (χ0) is 23.7. The summed E-state index contributed by atoms with van der Waals surface area (Å²) in [5.41, 5.74) is 11.8. The number of hydrogen-bond acceptors (Lipinski definition) is 4. The van der Waals surface area contributed by atoms with E-state index in [-0.39, 0.29) is 12.2 Å². The molecule has 1 aromatic carbocycles. The quantitative estimate of drug-likeness (QED) is 0.351. The molecule has 0 bridgehead atoms. The second-order valence-electron chi connectivity index (χ2n) is 7.89. The maximum atomic E-state index is 13.4. The van der Waals surface area contributed by atoms with Gasteiger partial charge in [-0.1, -0.05) is 29.8 Å². The van der Waals surface area contributed by atoms with Gasteiger partial charge in [-0.3, -0.25) is 19.7 Å². The van der Waals surface area contributed by atoms with Crippen molar-refractivity contribution in [3.8, 4) is 22.5 Å². The van der Waals surface area contributed by atoms with Crippen molar-refractivity contribution in [3.05, 3.63) is 101 Å². The Kier molecular flexibility index (Phi) is 5.77. The molecule has 4 aromatic heterocycles. The van der Waals surface area contributed by atoms with Crippen LogP contribution in [0.2, 0.25) is 5.02 Å². The molecule has 5 rings (SSSR count). The van der Waals surface area contributed by atoms with Crippen LogP contribution in [0, 0.1) is 5.82 Å². The van der Waals surface area contributed by atoms with Gasteiger partial charge in [0.15, 0.2) is 0 Å². The second-order valence-corrected chi connectivity index (χ2v) is 8.32. The predicted octanol–water partition coefficient (Wildman–Crippen LogP) is 5.29. The molecule has 0 spiro atoms. The lowest BCUT2D eigenvalue weighted by atomic mass is 9.92. The summed E-state index contributed by atoms with van der Waals surface area (Å²) in [6.07, 6.45) is 5.29. The van der Waals surface area contributed by atoms with Crippen LogP contribution >= 0.6 is 11.6 Å². The van der Waals surface area contributed by atoms with E-state index >= 15 is 0 Å². The molecule has 1 atom stereocenters. The molecule has 3 N–H and O–H groups in total. The Bertz CT molecular complexity index is 1480. The maximum Gasteiger partial charge on any atom is 0.225 e. The second kappa shape index (κ2) is 9.03. The number of primary amides is 1. The van der Waals surface area contributed by atoms with Gasteiger partial charge in [0.1, 0.15) is 5.82 Å². The molecule has 0 aliphatic carbocycles. The molecule has 0 aliphatic rings. The van der Waals surface area contributed by atoms with E-state index in [1.54, 1.807) is 30.7 Å². The van der Waals surface area contributed by atoms with E-state index in [2.05, 4.69) is 19.9 Å². The average molecular weight is 472 g/mol. The summed E-state index contributed by atoms with van der Waals surface area (Å²) in [5, 5.41) is 0.520. The number of H-pyrrole nitrogens is 1. The smallest absolute Gasteiger partial charge is 0.225 e. The van der Waals surface area contributed by atoms with Crippen molar-refractivity contribution in [1.82, 2.24) is 19.9 Å². The number of nitrogens with one attached hydrogen (secondary N) is 1. The number of nitrogens with zero attached hydrogens (tertiary/aromatic N) is 3. The molecule has 0 aliphatic heterocycles. The number of benzene rings is 1. The Balaban J connectivity index is 1.59. The van der Waals surface area contributed by atoms with Gasteiger partial charge in [-0.25, -0.2) is 4.39 Å². The van der Waals surface area contributed by atoms with E-state index in [0.717, 1.165) is 33.5 Å². The molecule has 168 valence electrons. The van der Waals surface area contributed by atoms with Gasteiger partial charge in [-0.15, -0.1) is 0 Å². The molecule has 1 amide bonds. The number of fused-ring (bicyclic) bond motifs is 1. The number of carbonyl (C=O) groups is 1. The molecule has 0 saturated carbocycles. The Labute approximate surface area is 199 Å². The van der Waals surface area contributed by atoms with Crippen molar-refractivity contribution in [2.24, 2.45) is 5.73 Å². The standard InChI is InChI=1S/C26H19ClFN5O/c27-17-12-22-25(32-14-17)23(21-3-1-2-9-31-21)24(33-22)16-8-10-30-19(11-16)13-20(26(29)34)15-4-6-18(28)7-5-15/h1-12,14,20,33H,13H2,(H2,29,34). The minimum Gasteiger partial charge on any atom is -0.369 e. The number of nitrogens with two attached hydrogens (primary N) is 1. The number of amides is 1. The molecule has 34 heavy (non-hydrogen) atoms. The summed E-state index contributed by atoms with van der Waals surface area (Å²) >= 11 is 6.18. The molecule has 1 unspecified atom stereocenters. The highest BCUT2D eigenvalue weighted by Gasteiger charge is 2.21. The third-order valence-corrected chi connectivity index (χ3v) is 5.86. The van der Waals surface area contributed by atoms with Crippen LogP contribution in [0.15, 0.2) is 79.3 Å². The average Bonchev–Trinajstić information content (AvgIpc) is 3.22. The summed E-state index contributed by atoms with van der Waals surface area (Å²) in [6.45, 7) is 0. The van der Waals surface area contributed by atoms with Crippen LogP contribution in [0.1, 0.15) is 17.2 Å². The van der Waals surface area contributed by atoms with E-state index in [9.17, 15) is 9.18 Å². The van der Waals surface area contributed by atoms with Gasteiger partial charge in [0.05, 0.1) is 38.9 Å². The Morgan fingerprint density at radius 3 is 2.59 bits per heavy atom. The molecule has 0 radical (unpaired) electrons. The van der Waals surface area contributed by atoms with Crippen LogP contribution in [-0.4, -0.2) is 25.8 Å². The highest BCUT2D eigenvalue weighted by molar-refractivity contribution is 6.31. The Morgan fingerprint density at radius 1 is 1.03 bits per heavy atom. The first kappa shape index (κ1) is 21.7. The van der Waals surface area contributed by atoms with Gasteiger partial charge in [0, 0.05) is 36.3 Å². The molecule has 4 heterocycles. The van der Waals surface area contributed by atoms with E-state index in [1.807, 2.05) is 36.4 Å². The van der Waals surface area contributed by atoms with Crippen molar-refractivity contribution < 1.29 is 9.18 Å². The summed E-state index contributed by atoms with van der Waals surface area (Å²) < 4.78 is 13.4. The molecular formula is C26H19ClFN5O. The van der Waals surface area contributed by atoms with Crippen LogP contribution in [0.3, 0.4) is 0 Å². The number of pyridine rings is 3. The van der Waals surface area contributed by atoms with Gasteiger partial charge in [0.25, 0.3) is 0 Å². The van der Waals surface area contributed by atoms with Crippen molar-refractivity contribution in [3.63, 3.8) is 0 Å². The zero-order valence-corrected chi connectivity index (χ0v) is 18.6. The zero-order valence-electron chi connectivity index (χ0n) is 17.9. The molecular weight excluding hydrogens is 453 g/mol. The largest absolute Gasteiger partial charge is 0.369 e. The lowest BCUT2D eigenvalue weighted by Crippen LogP contribution is -2.23. The van der Waals surface area contributed by atoms with Gasteiger partial charge >= 0.3 is 0 Å². The summed E-state index contributed by atoms with van der Waals surface area (Å²) in [7, 11) is 0. The highest BCUT2D eigenvalue weighted by atomic mass is 35.5. The number of rotatable bonds is 6. The Morgan fingerprint density at radius 2 is 1.85 bits per heavy atom. The first-order chi connectivity index (χ1) is 16.5. The fraction of sp³-hybridized carbons (Fsp3) is 0.0769. The first-order valence-corrected chi connectivity index (χ1v) is 11.0. The lowest BCUT2D eigenvalue weighted by molar-refractivity contribution is -0.119. The number of halogens is 2. The normalized spacial score (nSPS) is 12.1. The predicted molar refractivity (Wildman–Crippen MR) is 130 cm³/mol. The number of hydrogen-bond donors (Lipinski definition) is 2. The van der Waals surface area contributed by atoms with Gasteiger partial charge in [-0.05, 0) is 48.0 Å². The van der Waals surface area contributed by atoms with Crippen LogP contribution in [-0.2, 0) is 11.2 Å². The number of aromatic nitrogens is 4. The fourth-order valence-corrected chi connectivity index (χ4v) is 4.22. The molecule has 0 saturated heterocycles. The summed E-state index contributed by atoms with van der Waals surface area (Å²) in [6, 6.07) is 17.1. The van der Waals surface area contributed by atoms with Gasteiger partial charge in [0.2, 0.25) is 5.91 Å². The molecule has 6 nitrogen and oxygen atoms in total. The molecule has 0 fully saturated rings. The third kappa shape index (κ3) is 4.25. The first-order valence-electron chi connectivity index (χ1n) is 10.6. The van der Waals surface area contributed by atoms with Gasteiger partial charge in [-0.2, -0.15) is 0 Å². The SMILES string of the molecule is NC(=O)C(Cc1cc(-c2[nH]c3cc(Cl)cnc3c2-c2ccccn2)ccn1)c1ccc(F)cc1. The maximum absolute atomic E-state index is 13.4. The summed E-state index contributed by atoms with van der Waals surface area (Å²) in [4.78, 5) is 29.1. The lowest BCUT2D eigenvalue weighted by Gasteiger charge is -2.14. The van der Waals surface area contributed by atoms with Crippen LogP contribution in [0.5, 0.6) is 0 Å². The third-order valence-electron chi connectivity index (χ3n) is 5.66. The highest BCUT2D eigenvalue weighted by Crippen LogP contribution is 2.37. The van der Waals surface area contributed by atoms with E-state index < -0.39 is 11.8 Å². The van der Waals surface area contributed by atoms with Crippen LogP contribution in [0.4, 0.5) is 4.39 Å². The van der Waals surface area contributed by atoms with E-state index in [0.29, 0.717) is 16.3 Å². The van der Waals surface area contributed by atoms with Crippen molar-refractivity contribution in [1.29, 1.82) is 0 Å². The minimum absolute atomic E-state index is 0.276. The van der Waals surface area contributed by atoms with E-state index in [1.165, 1.54) is 12.1 Å². The Hall–Kier alpha value is -4.10. The fourth-order valence-electron chi connectivity index (χ4n) is 4.06. The summed E-state index contributed by atoms with van der Waals surface area (Å²) in [5.74, 6) is -1.51. The van der Waals surface area contributed by atoms with Crippen LogP contribution in [0.25, 0.3) is 33.5 Å². The molecule has 5 aromatic rings. The topological polar surface area (TPSA) is 97.6 Å². The number of carbonyl (C=O) groups excluding carboxylic acids is 1. The van der Waals surface area contributed by atoms with E-state index in [4.69, 9.17) is 17.3 Å². The van der Waals surface area contributed by atoms with Crippen molar-refractivity contribution in [2.45, 2.75) is 12.3 Å². The van der Waals surface area contributed by atoms with Crippen molar-refractivity contribution >= 4 is 28.5 Å².